The number of aliphatic hydroxyl groups excluding tert-OH is 2. The number of hydrogen-bond donors (Lipinski definition) is 2. The highest BCUT2D eigenvalue weighted by Gasteiger charge is 2.18. The lowest BCUT2D eigenvalue weighted by molar-refractivity contribution is 0.0684. The van der Waals surface area contributed by atoms with Gasteiger partial charge >= 0.3 is 0 Å². The lowest BCUT2D eigenvalue weighted by Gasteiger charge is -2.20. The average molecular weight is 279 g/mol. The summed E-state index contributed by atoms with van der Waals surface area (Å²) in [6.45, 7) is -0.133. The molecule has 5 nitrogen and oxygen atoms in total. The van der Waals surface area contributed by atoms with E-state index in [1.807, 2.05) is 0 Å². The van der Waals surface area contributed by atoms with Crippen molar-refractivity contribution in [1.29, 1.82) is 0 Å². The smallest absolute Gasteiger partial charge is 0.257 e. The zero-order valence-electron chi connectivity index (χ0n) is 8.94. The molecular weight excluding hydrogens is 267 g/mol. The number of aromatic nitrogens is 1. The van der Waals surface area contributed by atoms with Crippen molar-refractivity contribution in [3.63, 3.8) is 0 Å². The molecule has 0 bridgehead atoms. The minimum Gasteiger partial charge on any atom is -0.395 e. The summed E-state index contributed by atoms with van der Waals surface area (Å²) in [6.07, 6.45) is 0. The fourth-order valence-electron chi connectivity index (χ4n) is 1.30. The van der Waals surface area contributed by atoms with Gasteiger partial charge in [0.15, 0.2) is 0 Å². The summed E-state index contributed by atoms with van der Waals surface area (Å²) < 4.78 is 0. The van der Waals surface area contributed by atoms with Gasteiger partial charge in [-0.3, -0.25) is 4.79 Å². The van der Waals surface area contributed by atoms with Gasteiger partial charge in [-0.25, -0.2) is 4.98 Å². The van der Waals surface area contributed by atoms with Crippen LogP contribution in [0.2, 0.25) is 10.3 Å². The molecule has 0 aliphatic carbocycles. The first-order chi connectivity index (χ1) is 8.10. The first-order valence-electron chi connectivity index (χ1n) is 4.93. The molecule has 0 aromatic carbocycles. The predicted octanol–water partition coefficient (Wildman–Crippen LogP) is 0.815. The monoisotopic (exact) mass is 278 g/mol. The third-order valence-electron chi connectivity index (χ3n) is 2.07. The molecule has 0 atom stereocenters. The van der Waals surface area contributed by atoms with Crippen LogP contribution in [0.1, 0.15) is 10.4 Å². The first-order valence-corrected chi connectivity index (χ1v) is 5.68. The number of hydrogen-bond acceptors (Lipinski definition) is 4. The van der Waals surface area contributed by atoms with Gasteiger partial charge in [-0.2, -0.15) is 0 Å². The highest BCUT2D eigenvalue weighted by Crippen LogP contribution is 2.18. The minimum atomic E-state index is -0.401. The number of aliphatic hydroxyl groups is 2. The Kier molecular flexibility index (Phi) is 5.64. The number of carbonyl (C=O) groups is 1. The molecular formula is C10H12Cl2N2O3. The van der Waals surface area contributed by atoms with Crippen LogP contribution in [0.15, 0.2) is 12.1 Å². The molecule has 0 fully saturated rings. The van der Waals surface area contributed by atoms with Crippen molar-refractivity contribution in [1.82, 2.24) is 9.88 Å². The number of nitrogens with zero attached hydrogens (tertiary/aromatic N) is 2. The van der Waals surface area contributed by atoms with Crippen LogP contribution in [-0.2, 0) is 0 Å². The maximum absolute atomic E-state index is 12.0. The molecule has 0 unspecified atom stereocenters. The predicted molar refractivity (Wildman–Crippen MR) is 64.3 cm³/mol. The van der Waals surface area contributed by atoms with Gasteiger partial charge in [-0.05, 0) is 12.1 Å². The Bertz CT molecular complexity index is 395. The van der Waals surface area contributed by atoms with Crippen LogP contribution in [0.5, 0.6) is 0 Å². The van der Waals surface area contributed by atoms with Gasteiger partial charge in [0, 0.05) is 13.1 Å². The quantitative estimate of drug-likeness (QED) is 0.782. The lowest BCUT2D eigenvalue weighted by atomic mass is 10.2. The summed E-state index contributed by atoms with van der Waals surface area (Å²) in [7, 11) is 0. The maximum Gasteiger partial charge on any atom is 0.257 e. The molecule has 2 N–H and O–H groups in total. The molecule has 17 heavy (non-hydrogen) atoms. The maximum atomic E-state index is 12.0. The highest BCUT2D eigenvalue weighted by molar-refractivity contribution is 6.34. The number of pyridine rings is 1. The molecule has 0 radical (unpaired) electrons. The van der Waals surface area contributed by atoms with Crippen LogP contribution in [0.4, 0.5) is 0 Å². The molecule has 1 heterocycles. The van der Waals surface area contributed by atoms with Gasteiger partial charge in [-0.1, -0.05) is 23.2 Å². The van der Waals surface area contributed by atoms with Crippen molar-refractivity contribution in [2.75, 3.05) is 26.3 Å². The third kappa shape index (κ3) is 3.81. The van der Waals surface area contributed by atoms with E-state index in [9.17, 15) is 4.79 Å². The van der Waals surface area contributed by atoms with Crippen LogP contribution in [0.25, 0.3) is 0 Å². The van der Waals surface area contributed by atoms with Crippen molar-refractivity contribution in [2.45, 2.75) is 0 Å². The largest absolute Gasteiger partial charge is 0.395 e. The zero-order valence-corrected chi connectivity index (χ0v) is 10.4. The van der Waals surface area contributed by atoms with Crippen LogP contribution in [0, 0.1) is 0 Å². The van der Waals surface area contributed by atoms with E-state index >= 15 is 0 Å². The Balaban J connectivity index is 2.92. The fraction of sp³-hybridized carbons (Fsp3) is 0.400. The van der Waals surface area contributed by atoms with Crippen molar-refractivity contribution >= 4 is 29.1 Å². The Morgan fingerprint density at radius 2 is 1.82 bits per heavy atom. The van der Waals surface area contributed by atoms with Crippen LogP contribution < -0.4 is 0 Å². The summed E-state index contributed by atoms with van der Waals surface area (Å²) in [5, 5.41) is 17.9. The number of amides is 1. The van der Waals surface area contributed by atoms with E-state index in [4.69, 9.17) is 33.4 Å². The topological polar surface area (TPSA) is 73.7 Å². The molecule has 1 aromatic heterocycles. The molecule has 1 rings (SSSR count). The summed E-state index contributed by atoms with van der Waals surface area (Å²) >= 11 is 11.4. The molecule has 7 heteroatoms. The van der Waals surface area contributed by atoms with E-state index in [2.05, 4.69) is 4.98 Å². The molecule has 0 aliphatic heterocycles. The van der Waals surface area contributed by atoms with E-state index in [1.54, 1.807) is 0 Å². The van der Waals surface area contributed by atoms with E-state index in [0.717, 1.165) is 0 Å². The van der Waals surface area contributed by atoms with E-state index < -0.39 is 5.91 Å². The second-order valence-electron chi connectivity index (χ2n) is 3.21. The van der Waals surface area contributed by atoms with Crippen molar-refractivity contribution in [2.24, 2.45) is 0 Å². The Hall–Kier alpha value is -0.880. The normalized spacial score (nSPS) is 10.4. The van der Waals surface area contributed by atoms with E-state index in [-0.39, 0.29) is 42.2 Å². The number of halogens is 2. The SMILES string of the molecule is O=C(c1ccc(Cl)nc1Cl)N(CCO)CCO. The van der Waals surface area contributed by atoms with Crippen LogP contribution >= 0.6 is 23.2 Å². The van der Waals surface area contributed by atoms with Crippen molar-refractivity contribution < 1.29 is 15.0 Å². The molecule has 0 saturated heterocycles. The van der Waals surface area contributed by atoms with Crippen LogP contribution in [0.3, 0.4) is 0 Å². The van der Waals surface area contributed by atoms with Gasteiger partial charge < -0.3 is 15.1 Å². The molecule has 0 aliphatic rings. The van der Waals surface area contributed by atoms with Gasteiger partial charge in [0.05, 0.1) is 18.8 Å². The number of rotatable bonds is 5. The summed E-state index contributed by atoms with van der Waals surface area (Å²) in [5.41, 5.74) is 0.193. The Labute approximate surface area is 109 Å². The lowest BCUT2D eigenvalue weighted by Crippen LogP contribution is -2.36. The second-order valence-corrected chi connectivity index (χ2v) is 3.96. The molecule has 94 valence electrons. The highest BCUT2D eigenvalue weighted by atomic mass is 35.5. The second kappa shape index (κ2) is 6.76. The fourth-order valence-corrected chi connectivity index (χ4v) is 1.72. The van der Waals surface area contributed by atoms with Gasteiger partial charge in [0.1, 0.15) is 10.3 Å². The first kappa shape index (κ1) is 14.2. The van der Waals surface area contributed by atoms with Gasteiger partial charge in [0.2, 0.25) is 0 Å². The molecule has 1 amide bonds. The standard InChI is InChI=1S/C10H12Cl2N2O3/c11-8-2-1-7(9(12)13-8)10(17)14(3-5-15)4-6-16/h1-2,15-16H,3-6H2. The molecule has 0 spiro atoms. The summed E-state index contributed by atoms with van der Waals surface area (Å²) in [5.74, 6) is -0.401. The molecule has 0 saturated carbocycles. The Morgan fingerprint density at radius 3 is 2.29 bits per heavy atom. The molecule has 1 aromatic rings. The Morgan fingerprint density at radius 1 is 1.24 bits per heavy atom. The van der Waals surface area contributed by atoms with Crippen LogP contribution in [-0.4, -0.2) is 52.3 Å². The summed E-state index contributed by atoms with van der Waals surface area (Å²) in [4.78, 5) is 17.0. The third-order valence-corrected chi connectivity index (χ3v) is 2.57. The zero-order chi connectivity index (χ0) is 12.8. The van der Waals surface area contributed by atoms with Gasteiger partial charge in [-0.15, -0.1) is 0 Å². The van der Waals surface area contributed by atoms with Crippen molar-refractivity contribution in [3.8, 4) is 0 Å². The average Bonchev–Trinajstić information content (AvgIpc) is 2.28. The van der Waals surface area contributed by atoms with E-state index in [0.29, 0.717) is 0 Å². The number of carbonyl (C=O) groups excluding carboxylic acids is 1. The van der Waals surface area contributed by atoms with E-state index in [1.165, 1.54) is 17.0 Å². The minimum absolute atomic E-state index is 0.00313. The van der Waals surface area contributed by atoms with Crippen molar-refractivity contribution in [3.05, 3.63) is 28.0 Å². The summed E-state index contributed by atoms with van der Waals surface area (Å²) in [6, 6.07) is 2.92. The van der Waals surface area contributed by atoms with Gasteiger partial charge in [0.25, 0.3) is 5.91 Å².